The van der Waals surface area contributed by atoms with E-state index in [9.17, 15) is 18.9 Å². The van der Waals surface area contributed by atoms with E-state index in [1.54, 1.807) is 18.2 Å². The van der Waals surface area contributed by atoms with E-state index in [1.165, 1.54) is 12.1 Å². The Morgan fingerprint density at radius 1 is 0.920 bits per heavy atom. The van der Waals surface area contributed by atoms with E-state index in [2.05, 4.69) is 61.5 Å². The third kappa shape index (κ3) is 9.49. The summed E-state index contributed by atoms with van der Waals surface area (Å²) in [5.41, 5.74) is 4.31. The van der Waals surface area contributed by atoms with Crippen LogP contribution in [0.1, 0.15) is 84.7 Å². The molecule has 4 aromatic rings. The first-order chi connectivity index (χ1) is 23.5. The van der Waals surface area contributed by atoms with E-state index in [-0.39, 0.29) is 41.4 Å². The van der Waals surface area contributed by atoms with E-state index in [0.29, 0.717) is 0 Å². The average molecular weight is 715 g/mol. The molecule has 0 aliphatic rings. The summed E-state index contributed by atoms with van der Waals surface area (Å²) in [4.78, 5) is 17.2. The fraction of sp³-hybridized carbons (Fsp3) is 0.366. The van der Waals surface area contributed by atoms with E-state index < -0.39 is 28.4 Å². The van der Waals surface area contributed by atoms with Crippen molar-refractivity contribution in [2.45, 2.75) is 84.3 Å². The van der Waals surface area contributed by atoms with Crippen LogP contribution in [0.25, 0.3) is 17.2 Å². The lowest BCUT2D eigenvalue weighted by Crippen LogP contribution is -2.68. The maximum Gasteiger partial charge on any atom is 0.511 e. The molecule has 1 N–H and O–H groups in total. The lowest BCUT2D eigenvalue weighted by molar-refractivity contribution is -0.138. The Bertz CT molecular complexity index is 1740. The number of aromatic nitrogens is 1. The lowest BCUT2D eigenvalue weighted by atomic mass is 9.86. The van der Waals surface area contributed by atoms with Gasteiger partial charge in [-0.1, -0.05) is 140 Å². The van der Waals surface area contributed by atoms with Crippen LogP contribution >= 0.6 is 8.03 Å². The van der Waals surface area contributed by atoms with Crippen molar-refractivity contribution in [3.63, 3.8) is 0 Å². The minimum atomic E-state index is -3.10. The number of carboxylic acids is 1. The number of halogens is 1. The van der Waals surface area contributed by atoms with E-state index in [1.807, 2.05) is 66.7 Å². The number of carbonyl (C=O) groups is 1. The Morgan fingerprint density at radius 3 is 1.96 bits per heavy atom. The fourth-order valence-electron chi connectivity index (χ4n) is 6.23. The predicted octanol–water partition coefficient (Wildman–Crippen LogP) is 9.50. The van der Waals surface area contributed by atoms with E-state index in [0.717, 1.165) is 38.5 Å². The van der Waals surface area contributed by atoms with Crippen LogP contribution in [0.3, 0.4) is 0 Å². The van der Waals surface area contributed by atoms with Crippen molar-refractivity contribution >= 4 is 38.8 Å². The highest BCUT2D eigenvalue weighted by Crippen LogP contribution is 2.39. The van der Waals surface area contributed by atoms with Gasteiger partial charge in [0.05, 0.1) is 12.1 Å². The molecule has 0 spiro atoms. The van der Waals surface area contributed by atoms with Gasteiger partial charge in [-0.25, -0.2) is 4.39 Å². The summed E-state index contributed by atoms with van der Waals surface area (Å²) in [6, 6.07) is 28.4. The van der Waals surface area contributed by atoms with Gasteiger partial charge in [-0.15, -0.1) is 4.52 Å². The molecule has 1 aromatic heterocycles. The summed E-state index contributed by atoms with van der Waals surface area (Å²) in [6.07, 6.45) is 2.49. The maximum absolute atomic E-state index is 13.9. The normalized spacial score (nSPS) is 13.5. The first-order valence-corrected chi connectivity index (χ1v) is 20.4. The summed E-state index contributed by atoms with van der Waals surface area (Å²) in [7, 11) is -5.38. The van der Waals surface area contributed by atoms with E-state index in [4.69, 9.17) is 13.9 Å². The molecule has 0 saturated heterocycles. The standard InChI is InChI=1S/C41H49FNO5PSi/c1-29(2)39-35(36(27-37(43-39)40(3,4)5)30-21-23-31(42)24-22-30)20-15-25-47-49(46)28-32(26-38(44)45)48-50(41(6,7)8,33-16-11-9-12-17-33)34-18-13-10-14-19-34/h9-24,27,29,32H,25-26,28H2,1-8H3/p+1. The molecule has 1 heterocycles. The molecule has 2 unspecified atom stereocenters. The quantitative estimate of drug-likeness (QED) is 0.104. The van der Waals surface area contributed by atoms with Gasteiger partial charge in [0.25, 0.3) is 8.32 Å². The SMILES string of the molecule is CC(C)c1nc(C(C)(C)C)cc(-c2ccc(F)cc2)c1C=CCO[P+](=O)CC(CC(=O)O)O[Si](c1ccccc1)(c1ccccc1)C(C)(C)C. The highest BCUT2D eigenvalue weighted by molar-refractivity contribution is 7.39. The Morgan fingerprint density at radius 2 is 1.48 bits per heavy atom. The molecule has 6 nitrogen and oxygen atoms in total. The molecule has 0 fully saturated rings. The molecule has 2 atom stereocenters. The van der Waals surface area contributed by atoms with Crippen molar-refractivity contribution in [3.8, 4) is 11.1 Å². The molecular formula is C41H50FNO5PSi+. The van der Waals surface area contributed by atoms with Crippen LogP contribution in [0.15, 0.2) is 97.1 Å². The minimum Gasteiger partial charge on any atom is -0.481 e. The van der Waals surface area contributed by atoms with Gasteiger partial charge >= 0.3 is 14.0 Å². The van der Waals surface area contributed by atoms with Crippen LogP contribution in [0, 0.1) is 5.82 Å². The largest absolute Gasteiger partial charge is 0.511 e. The Hall–Kier alpha value is -3.81. The molecule has 3 aromatic carbocycles. The zero-order chi connectivity index (χ0) is 36.7. The second kappa shape index (κ2) is 16.5. The van der Waals surface area contributed by atoms with Gasteiger partial charge in [0.2, 0.25) is 6.16 Å². The maximum atomic E-state index is 13.9. The van der Waals surface area contributed by atoms with Crippen molar-refractivity contribution in [2.75, 3.05) is 12.8 Å². The van der Waals surface area contributed by atoms with Crippen molar-refractivity contribution < 1.29 is 27.8 Å². The third-order valence-electron chi connectivity index (χ3n) is 8.67. The molecule has 264 valence electrons. The second-order valence-corrected chi connectivity index (χ2v) is 20.5. The average Bonchev–Trinajstić information content (AvgIpc) is 3.05. The third-order valence-corrected chi connectivity index (χ3v) is 14.9. The molecule has 0 bridgehead atoms. The monoisotopic (exact) mass is 714 g/mol. The number of rotatable bonds is 14. The number of aliphatic carboxylic acids is 1. The number of benzene rings is 3. The molecule has 0 aliphatic carbocycles. The number of pyridine rings is 1. The first-order valence-electron chi connectivity index (χ1n) is 17.1. The second-order valence-electron chi connectivity index (χ2n) is 15.0. The van der Waals surface area contributed by atoms with Crippen LogP contribution in [-0.2, 0) is 23.7 Å². The van der Waals surface area contributed by atoms with Gasteiger partial charge in [0, 0.05) is 16.7 Å². The van der Waals surface area contributed by atoms with Gasteiger partial charge in [-0.05, 0) is 55.2 Å². The predicted molar refractivity (Wildman–Crippen MR) is 205 cm³/mol. The van der Waals surface area contributed by atoms with Crippen LogP contribution < -0.4 is 10.4 Å². The molecular weight excluding hydrogens is 665 g/mol. The highest BCUT2D eigenvalue weighted by atomic mass is 31.1. The Balaban J connectivity index is 1.62. The molecule has 0 saturated carbocycles. The number of nitrogens with zero attached hydrogens (tertiary/aromatic N) is 1. The summed E-state index contributed by atoms with van der Waals surface area (Å²) in [6.45, 7) is 16.9. The molecule has 4 rings (SSSR count). The molecule has 0 radical (unpaired) electrons. The van der Waals surface area contributed by atoms with Crippen molar-refractivity contribution in [1.82, 2.24) is 4.98 Å². The Kier molecular flexibility index (Phi) is 12.8. The zero-order valence-electron chi connectivity index (χ0n) is 30.4. The Labute approximate surface area is 298 Å². The summed E-state index contributed by atoms with van der Waals surface area (Å²) in [5, 5.41) is 11.6. The smallest absolute Gasteiger partial charge is 0.481 e. The number of hydrogen-bond acceptors (Lipinski definition) is 5. The fourth-order valence-corrected chi connectivity index (χ4v) is 11.9. The molecule has 0 aliphatic heterocycles. The van der Waals surface area contributed by atoms with Crippen LogP contribution in [-0.4, -0.2) is 43.2 Å². The van der Waals surface area contributed by atoms with Crippen LogP contribution in [0.4, 0.5) is 4.39 Å². The van der Waals surface area contributed by atoms with Crippen molar-refractivity contribution in [1.29, 1.82) is 0 Å². The van der Waals surface area contributed by atoms with Crippen molar-refractivity contribution in [3.05, 3.63) is 120 Å². The summed E-state index contributed by atoms with van der Waals surface area (Å²) in [5.74, 6) is -1.24. The van der Waals surface area contributed by atoms with Crippen molar-refractivity contribution in [2.24, 2.45) is 0 Å². The van der Waals surface area contributed by atoms with Crippen LogP contribution in [0.2, 0.25) is 5.04 Å². The number of carboxylic acid groups (broad SMARTS) is 1. The van der Waals surface area contributed by atoms with Gasteiger partial charge in [0.15, 0.2) is 0 Å². The van der Waals surface area contributed by atoms with Gasteiger partial charge < -0.3 is 9.53 Å². The summed E-state index contributed by atoms with van der Waals surface area (Å²) < 4.78 is 40.2. The zero-order valence-corrected chi connectivity index (χ0v) is 32.3. The first kappa shape index (κ1) is 39.0. The molecule has 9 heteroatoms. The van der Waals surface area contributed by atoms with Gasteiger partial charge in [-0.3, -0.25) is 9.78 Å². The molecule has 0 amide bonds. The van der Waals surface area contributed by atoms with Gasteiger partial charge in [-0.2, -0.15) is 0 Å². The lowest BCUT2D eigenvalue weighted by Gasteiger charge is -2.44. The van der Waals surface area contributed by atoms with E-state index >= 15 is 0 Å². The topological polar surface area (TPSA) is 85.7 Å². The highest BCUT2D eigenvalue weighted by Gasteiger charge is 2.52. The minimum absolute atomic E-state index is 0.0373. The number of hydrogen-bond donors (Lipinski definition) is 1. The van der Waals surface area contributed by atoms with Crippen LogP contribution in [0.5, 0.6) is 0 Å². The van der Waals surface area contributed by atoms with Gasteiger partial charge in [0.1, 0.15) is 18.5 Å². The summed E-state index contributed by atoms with van der Waals surface area (Å²) >= 11 is 0. The molecule has 50 heavy (non-hydrogen) atoms.